The lowest BCUT2D eigenvalue weighted by molar-refractivity contribution is 0.0953. The molecule has 1 aromatic carbocycles. The molecule has 2 N–H and O–H groups in total. The molecule has 1 amide bonds. The lowest BCUT2D eigenvalue weighted by Crippen LogP contribution is -2.33. The van der Waals surface area contributed by atoms with Crippen LogP contribution < -0.4 is 10.6 Å². The van der Waals surface area contributed by atoms with E-state index in [-0.39, 0.29) is 5.91 Å². The highest BCUT2D eigenvalue weighted by Crippen LogP contribution is 2.09. The first-order valence-corrected chi connectivity index (χ1v) is 7.31. The summed E-state index contributed by atoms with van der Waals surface area (Å²) < 4.78 is 6.72. The fraction of sp³-hybridized carbons (Fsp3) is 0.375. The maximum Gasteiger partial charge on any atom is 0.251 e. The van der Waals surface area contributed by atoms with E-state index in [1.165, 1.54) is 0 Å². The molecule has 0 atom stereocenters. The fourth-order valence-corrected chi connectivity index (χ4v) is 1.99. The van der Waals surface area contributed by atoms with Gasteiger partial charge in [0, 0.05) is 38.5 Å². The largest absolute Gasteiger partial charge is 0.383 e. The van der Waals surface area contributed by atoms with Gasteiger partial charge in [-0.05, 0) is 37.3 Å². The Morgan fingerprint density at radius 3 is 2.59 bits per heavy atom. The predicted molar refractivity (Wildman–Crippen MR) is 85.4 cm³/mol. The van der Waals surface area contributed by atoms with Crippen molar-refractivity contribution in [1.29, 1.82) is 0 Å². The first-order chi connectivity index (χ1) is 10.7. The van der Waals surface area contributed by atoms with Crippen LogP contribution in [0.1, 0.15) is 16.1 Å². The monoisotopic (exact) mass is 302 g/mol. The van der Waals surface area contributed by atoms with Crippen molar-refractivity contribution >= 4 is 5.91 Å². The minimum Gasteiger partial charge on any atom is -0.383 e. The summed E-state index contributed by atoms with van der Waals surface area (Å²) in [5.41, 5.74) is 2.54. The smallest absolute Gasteiger partial charge is 0.251 e. The van der Waals surface area contributed by atoms with Crippen LogP contribution in [0.2, 0.25) is 0 Å². The van der Waals surface area contributed by atoms with Gasteiger partial charge in [-0.2, -0.15) is 5.10 Å². The molecule has 1 heterocycles. The third-order valence-corrected chi connectivity index (χ3v) is 3.19. The predicted octanol–water partition coefficient (Wildman–Crippen LogP) is 1.15. The molecule has 6 heteroatoms. The van der Waals surface area contributed by atoms with Gasteiger partial charge >= 0.3 is 0 Å². The summed E-state index contributed by atoms with van der Waals surface area (Å²) in [6, 6.07) is 9.33. The Labute approximate surface area is 130 Å². The van der Waals surface area contributed by atoms with Crippen molar-refractivity contribution in [3.63, 3.8) is 0 Å². The van der Waals surface area contributed by atoms with Crippen LogP contribution in [0, 0.1) is 6.92 Å². The molecule has 118 valence electrons. The maximum atomic E-state index is 12.0. The van der Waals surface area contributed by atoms with Gasteiger partial charge in [0.2, 0.25) is 0 Å². The molecule has 2 rings (SSSR count). The van der Waals surface area contributed by atoms with Gasteiger partial charge in [-0.15, -0.1) is 0 Å². The lowest BCUT2D eigenvalue weighted by atomic mass is 10.2. The molecule has 0 aliphatic heterocycles. The summed E-state index contributed by atoms with van der Waals surface area (Å²) in [5.74, 6) is -0.0725. The van der Waals surface area contributed by atoms with Gasteiger partial charge in [0.25, 0.3) is 5.91 Å². The summed E-state index contributed by atoms with van der Waals surface area (Å²) in [5, 5.41) is 10.4. The Morgan fingerprint density at radius 1 is 1.18 bits per heavy atom. The van der Waals surface area contributed by atoms with E-state index in [9.17, 15) is 4.79 Å². The third kappa shape index (κ3) is 4.68. The summed E-state index contributed by atoms with van der Waals surface area (Å²) in [7, 11) is 1.66. The van der Waals surface area contributed by atoms with Gasteiger partial charge in [0.15, 0.2) is 0 Å². The van der Waals surface area contributed by atoms with Crippen LogP contribution in [0.3, 0.4) is 0 Å². The highest BCUT2D eigenvalue weighted by atomic mass is 16.5. The number of aryl methyl sites for hydroxylation is 1. The quantitative estimate of drug-likeness (QED) is 0.718. The Bertz CT molecular complexity index is 592. The van der Waals surface area contributed by atoms with Crippen molar-refractivity contribution in [3.05, 3.63) is 47.8 Å². The second-order valence-electron chi connectivity index (χ2n) is 4.95. The number of hydrogen-bond donors (Lipinski definition) is 2. The normalized spacial score (nSPS) is 10.6. The number of benzene rings is 1. The van der Waals surface area contributed by atoms with E-state index in [0.717, 1.165) is 24.5 Å². The lowest BCUT2D eigenvalue weighted by Gasteiger charge is -2.07. The minimum absolute atomic E-state index is 0.0725. The number of nitrogens with zero attached hydrogens (tertiary/aromatic N) is 2. The molecule has 0 aliphatic carbocycles. The third-order valence-electron chi connectivity index (χ3n) is 3.19. The second-order valence-corrected chi connectivity index (χ2v) is 4.95. The Balaban J connectivity index is 1.81. The average Bonchev–Trinajstić information content (AvgIpc) is 2.97. The Morgan fingerprint density at radius 2 is 1.95 bits per heavy atom. The number of ether oxygens (including phenoxy) is 1. The van der Waals surface area contributed by atoms with Crippen LogP contribution in [-0.4, -0.2) is 49.0 Å². The van der Waals surface area contributed by atoms with Crippen molar-refractivity contribution < 1.29 is 9.53 Å². The summed E-state index contributed by atoms with van der Waals surface area (Å²) >= 11 is 0. The van der Waals surface area contributed by atoms with Gasteiger partial charge in [-0.25, -0.2) is 4.68 Å². The Hall–Kier alpha value is -2.18. The van der Waals surface area contributed by atoms with Crippen molar-refractivity contribution in [1.82, 2.24) is 20.4 Å². The minimum atomic E-state index is -0.0725. The van der Waals surface area contributed by atoms with E-state index in [0.29, 0.717) is 18.7 Å². The highest BCUT2D eigenvalue weighted by Gasteiger charge is 2.05. The van der Waals surface area contributed by atoms with Crippen LogP contribution in [0.25, 0.3) is 5.69 Å². The number of amides is 1. The van der Waals surface area contributed by atoms with Crippen LogP contribution in [0.15, 0.2) is 36.5 Å². The van der Waals surface area contributed by atoms with Crippen LogP contribution in [0.4, 0.5) is 0 Å². The molecule has 0 fully saturated rings. The van der Waals surface area contributed by atoms with Crippen molar-refractivity contribution in [2.45, 2.75) is 6.92 Å². The van der Waals surface area contributed by atoms with Crippen LogP contribution in [0.5, 0.6) is 0 Å². The first kappa shape index (κ1) is 16.2. The molecule has 0 unspecified atom stereocenters. The maximum absolute atomic E-state index is 12.0. The molecular formula is C16H22N4O2. The van der Waals surface area contributed by atoms with Gasteiger partial charge in [0.1, 0.15) is 0 Å². The number of methoxy groups -OCH3 is 1. The average molecular weight is 302 g/mol. The zero-order valence-electron chi connectivity index (χ0n) is 13.0. The standard InChI is InChI=1S/C16H22N4O2/c1-13-7-11-20(19-13)15-5-3-14(4-6-15)16(21)18-9-8-17-10-12-22-2/h3-7,11,17H,8-10,12H2,1-2H3,(H,18,21). The van der Waals surface area contributed by atoms with Gasteiger partial charge in [0.05, 0.1) is 18.0 Å². The van der Waals surface area contributed by atoms with Gasteiger partial charge in [-0.3, -0.25) is 4.79 Å². The van der Waals surface area contributed by atoms with Crippen molar-refractivity contribution in [2.75, 3.05) is 33.4 Å². The second kappa shape index (κ2) is 8.31. The fourth-order valence-electron chi connectivity index (χ4n) is 1.99. The molecule has 0 saturated heterocycles. The summed E-state index contributed by atoms with van der Waals surface area (Å²) in [4.78, 5) is 12.0. The van der Waals surface area contributed by atoms with E-state index < -0.39 is 0 Å². The molecule has 0 bridgehead atoms. The SMILES string of the molecule is COCCNCCNC(=O)c1ccc(-n2ccc(C)n2)cc1. The van der Waals surface area contributed by atoms with E-state index in [1.54, 1.807) is 23.9 Å². The Kier molecular flexibility index (Phi) is 6.12. The van der Waals surface area contributed by atoms with Crippen molar-refractivity contribution in [2.24, 2.45) is 0 Å². The summed E-state index contributed by atoms with van der Waals surface area (Å²) in [6.45, 7) is 4.70. The van der Waals surface area contributed by atoms with Crippen LogP contribution >= 0.6 is 0 Å². The molecule has 2 aromatic rings. The number of hydrogen-bond acceptors (Lipinski definition) is 4. The molecule has 22 heavy (non-hydrogen) atoms. The van der Waals surface area contributed by atoms with Gasteiger partial charge in [-0.1, -0.05) is 0 Å². The zero-order valence-corrected chi connectivity index (χ0v) is 13.0. The highest BCUT2D eigenvalue weighted by molar-refractivity contribution is 5.94. The molecular weight excluding hydrogens is 280 g/mol. The van der Waals surface area contributed by atoms with Crippen molar-refractivity contribution in [3.8, 4) is 5.69 Å². The zero-order chi connectivity index (χ0) is 15.8. The topological polar surface area (TPSA) is 68.2 Å². The van der Waals surface area contributed by atoms with E-state index >= 15 is 0 Å². The van der Waals surface area contributed by atoms with E-state index in [1.807, 2.05) is 31.3 Å². The number of carbonyl (C=O) groups is 1. The van der Waals surface area contributed by atoms with E-state index in [2.05, 4.69) is 15.7 Å². The molecule has 0 spiro atoms. The number of nitrogens with one attached hydrogen (secondary N) is 2. The van der Waals surface area contributed by atoms with Gasteiger partial charge < -0.3 is 15.4 Å². The molecule has 0 aliphatic rings. The van der Waals surface area contributed by atoms with E-state index in [4.69, 9.17) is 4.74 Å². The number of rotatable bonds is 8. The summed E-state index contributed by atoms with van der Waals surface area (Å²) in [6.07, 6.45) is 1.90. The molecule has 1 aromatic heterocycles. The first-order valence-electron chi connectivity index (χ1n) is 7.31. The molecule has 0 saturated carbocycles. The number of aromatic nitrogens is 2. The van der Waals surface area contributed by atoms with Crippen LogP contribution in [-0.2, 0) is 4.74 Å². The number of carbonyl (C=O) groups excluding carboxylic acids is 1. The molecule has 6 nitrogen and oxygen atoms in total. The molecule has 0 radical (unpaired) electrons.